The minimum absolute atomic E-state index is 0.433. The van der Waals surface area contributed by atoms with E-state index in [4.69, 9.17) is 4.42 Å². The van der Waals surface area contributed by atoms with E-state index in [0.717, 1.165) is 21.5 Å². The van der Waals surface area contributed by atoms with Crippen LogP contribution in [-0.2, 0) is 0 Å². The van der Waals surface area contributed by atoms with Crippen molar-refractivity contribution in [3.8, 4) is 0 Å². The van der Waals surface area contributed by atoms with Crippen molar-refractivity contribution in [2.45, 2.75) is 0 Å². The molecule has 0 atom stereocenters. The first-order valence-electron chi connectivity index (χ1n) is 5.96. The summed E-state index contributed by atoms with van der Waals surface area (Å²) in [5.41, 5.74) is -1.19. The van der Waals surface area contributed by atoms with Crippen molar-refractivity contribution in [3.05, 3.63) is 69.4 Å². The summed E-state index contributed by atoms with van der Waals surface area (Å²) in [6.45, 7) is 0. The highest BCUT2D eigenvalue weighted by Crippen LogP contribution is 2.27. The second-order valence-electron chi connectivity index (χ2n) is 4.58. The van der Waals surface area contributed by atoms with Crippen LogP contribution in [0.5, 0.6) is 0 Å². The van der Waals surface area contributed by atoms with Gasteiger partial charge in [0.15, 0.2) is 0 Å². The molecule has 3 aromatic carbocycles. The Balaban J connectivity index is 2.54. The Bertz CT molecular complexity index is 964. The highest BCUT2D eigenvalue weighted by molar-refractivity contribution is 6.10. The Morgan fingerprint density at radius 1 is 0.632 bits per heavy atom. The molecular weight excluding hydrogens is 240 g/mol. The minimum atomic E-state index is -0.593. The Morgan fingerprint density at radius 2 is 1.16 bits per heavy atom. The van der Waals surface area contributed by atoms with Crippen molar-refractivity contribution in [3.63, 3.8) is 0 Å². The minimum Gasteiger partial charge on any atom is -0.386 e. The maximum atomic E-state index is 12.0. The van der Waals surface area contributed by atoms with Crippen LogP contribution in [0.1, 0.15) is 0 Å². The molecule has 3 nitrogen and oxygen atoms in total. The van der Waals surface area contributed by atoms with Gasteiger partial charge in [-0.2, -0.15) is 0 Å². The lowest BCUT2D eigenvalue weighted by molar-refractivity contribution is 0.490. The molecule has 0 aliphatic rings. The van der Waals surface area contributed by atoms with Crippen molar-refractivity contribution in [1.29, 1.82) is 0 Å². The zero-order valence-electron chi connectivity index (χ0n) is 9.84. The summed E-state index contributed by atoms with van der Waals surface area (Å²) in [6, 6.07) is 14.7. The van der Waals surface area contributed by atoms with Gasteiger partial charge in [0.25, 0.3) is 0 Å². The van der Waals surface area contributed by atoms with Crippen molar-refractivity contribution >= 4 is 32.3 Å². The fourth-order valence-electron chi connectivity index (χ4n) is 2.60. The molecule has 0 aliphatic heterocycles. The third-order valence-corrected chi connectivity index (χ3v) is 3.50. The van der Waals surface area contributed by atoms with E-state index in [9.17, 15) is 9.59 Å². The van der Waals surface area contributed by atoms with Crippen LogP contribution in [0.15, 0.2) is 62.5 Å². The van der Waals surface area contributed by atoms with E-state index in [1.54, 1.807) is 24.3 Å². The molecule has 0 saturated carbocycles. The van der Waals surface area contributed by atoms with E-state index < -0.39 is 11.3 Å². The largest absolute Gasteiger partial charge is 0.386 e. The van der Waals surface area contributed by atoms with Crippen LogP contribution in [0, 0.1) is 0 Å². The Hall–Kier alpha value is -2.68. The van der Waals surface area contributed by atoms with Gasteiger partial charge >= 0.3 is 11.3 Å². The van der Waals surface area contributed by atoms with Gasteiger partial charge in [0.2, 0.25) is 0 Å². The summed E-state index contributed by atoms with van der Waals surface area (Å²) in [5.74, 6) is 0. The van der Waals surface area contributed by atoms with E-state index in [2.05, 4.69) is 0 Å². The average molecular weight is 248 g/mol. The monoisotopic (exact) mass is 248 g/mol. The molecule has 2 bridgehead atoms. The van der Waals surface area contributed by atoms with Gasteiger partial charge in [-0.15, -0.1) is 0 Å². The van der Waals surface area contributed by atoms with Crippen molar-refractivity contribution in [2.24, 2.45) is 0 Å². The number of benzene rings is 3. The van der Waals surface area contributed by atoms with E-state index in [-0.39, 0.29) is 0 Å². The van der Waals surface area contributed by atoms with Gasteiger partial charge < -0.3 is 4.42 Å². The van der Waals surface area contributed by atoms with Gasteiger partial charge in [0.05, 0.1) is 10.8 Å². The fourth-order valence-corrected chi connectivity index (χ4v) is 2.60. The third-order valence-electron chi connectivity index (χ3n) is 3.50. The lowest BCUT2D eigenvalue weighted by Crippen LogP contribution is -2.08. The molecule has 0 N–H and O–H groups in total. The molecule has 19 heavy (non-hydrogen) atoms. The zero-order chi connectivity index (χ0) is 13.0. The van der Waals surface area contributed by atoms with E-state index in [1.165, 1.54) is 0 Å². The molecule has 0 saturated heterocycles. The normalized spacial score (nSPS) is 11.6. The molecular formula is C16H8O3. The molecule has 0 amide bonds. The second-order valence-corrected chi connectivity index (χ2v) is 4.58. The highest BCUT2D eigenvalue weighted by Gasteiger charge is 2.08. The Labute approximate surface area is 107 Å². The fraction of sp³-hybridized carbons (Fsp3) is 0. The van der Waals surface area contributed by atoms with Crippen molar-refractivity contribution < 1.29 is 4.42 Å². The van der Waals surface area contributed by atoms with E-state index in [1.807, 2.05) is 24.3 Å². The summed E-state index contributed by atoms with van der Waals surface area (Å²) in [7, 11) is 0. The van der Waals surface area contributed by atoms with Gasteiger partial charge in [-0.25, -0.2) is 9.59 Å². The quantitative estimate of drug-likeness (QED) is 0.449. The molecule has 4 aromatic rings. The number of rotatable bonds is 0. The molecule has 3 heteroatoms. The lowest BCUT2D eigenvalue weighted by atomic mass is 10.00. The van der Waals surface area contributed by atoms with Crippen LogP contribution in [0.25, 0.3) is 32.3 Å². The molecule has 90 valence electrons. The Kier molecular flexibility index (Phi) is 1.85. The molecule has 0 fully saturated rings. The first-order chi connectivity index (χ1) is 9.24. The molecule has 0 radical (unpaired) electrons. The molecule has 1 heterocycles. The van der Waals surface area contributed by atoms with Gasteiger partial charge in [-0.1, -0.05) is 24.3 Å². The smallest absolute Gasteiger partial charge is 0.346 e. The maximum Gasteiger partial charge on any atom is 0.346 e. The van der Waals surface area contributed by atoms with Crippen molar-refractivity contribution in [2.75, 3.05) is 0 Å². The van der Waals surface area contributed by atoms with Gasteiger partial charge in [-0.05, 0) is 45.8 Å². The summed E-state index contributed by atoms with van der Waals surface area (Å²) in [4.78, 5) is 23.9. The topological polar surface area (TPSA) is 47.3 Å². The van der Waals surface area contributed by atoms with Crippen LogP contribution < -0.4 is 11.3 Å². The average Bonchev–Trinajstić information content (AvgIpc) is 2.42. The zero-order valence-corrected chi connectivity index (χ0v) is 9.84. The van der Waals surface area contributed by atoms with Crippen LogP contribution in [-0.4, -0.2) is 0 Å². The first-order valence-corrected chi connectivity index (χ1v) is 5.96. The first kappa shape index (κ1) is 10.3. The van der Waals surface area contributed by atoms with Crippen LogP contribution >= 0.6 is 0 Å². The summed E-state index contributed by atoms with van der Waals surface area (Å²) < 4.78 is 4.91. The maximum absolute atomic E-state index is 12.0. The molecule has 0 spiro atoms. The summed E-state index contributed by atoms with van der Waals surface area (Å²) >= 11 is 0. The number of hydrogen-bond acceptors (Lipinski definition) is 3. The number of hydrogen-bond donors (Lipinski definition) is 0. The van der Waals surface area contributed by atoms with E-state index in [0.29, 0.717) is 10.8 Å². The highest BCUT2D eigenvalue weighted by atomic mass is 16.4. The van der Waals surface area contributed by atoms with Crippen LogP contribution in [0.3, 0.4) is 0 Å². The van der Waals surface area contributed by atoms with Crippen LogP contribution in [0.4, 0.5) is 0 Å². The van der Waals surface area contributed by atoms with Crippen LogP contribution in [0.2, 0.25) is 0 Å². The summed E-state index contributed by atoms with van der Waals surface area (Å²) in [5, 5.41) is 4.44. The molecule has 0 unspecified atom stereocenters. The predicted octanol–water partition coefficient (Wildman–Crippen LogP) is 2.90. The summed E-state index contributed by atoms with van der Waals surface area (Å²) in [6.07, 6.45) is 0. The van der Waals surface area contributed by atoms with Gasteiger partial charge in [0.1, 0.15) is 0 Å². The van der Waals surface area contributed by atoms with Crippen molar-refractivity contribution in [1.82, 2.24) is 0 Å². The predicted molar refractivity (Wildman–Crippen MR) is 75.0 cm³/mol. The lowest BCUT2D eigenvalue weighted by Gasteiger charge is -2.04. The van der Waals surface area contributed by atoms with E-state index >= 15 is 0 Å². The molecule has 0 aliphatic carbocycles. The third kappa shape index (κ3) is 1.32. The molecule has 1 aromatic heterocycles. The van der Waals surface area contributed by atoms with Gasteiger partial charge in [0, 0.05) is 0 Å². The second kappa shape index (κ2) is 3.42. The SMILES string of the molecule is O=c1oc(=O)c2cccc3cc4cccc1c4cc32. The standard InChI is InChI=1S/C16H8O3/c17-15-11-5-1-3-9-7-10-4-2-6-12(16(18)19-15)14(10)8-13(9)11/h1-8H. The Morgan fingerprint density at radius 3 is 1.68 bits per heavy atom. The van der Waals surface area contributed by atoms with Gasteiger partial charge in [-0.3, -0.25) is 0 Å². The molecule has 4 rings (SSSR count).